The molecule has 1 saturated heterocycles. The fourth-order valence-electron chi connectivity index (χ4n) is 4.02. The quantitative estimate of drug-likeness (QED) is 0.346. The molecule has 2 amide bonds. The first-order valence-corrected chi connectivity index (χ1v) is 12.1. The van der Waals surface area contributed by atoms with Crippen LogP contribution in [0, 0.1) is 5.82 Å². The Morgan fingerprint density at radius 2 is 1.54 bits per heavy atom. The zero-order chi connectivity index (χ0) is 26.4. The molecule has 0 bridgehead atoms. The van der Waals surface area contributed by atoms with Crippen LogP contribution in [0.15, 0.2) is 72.8 Å². The highest BCUT2D eigenvalue weighted by atomic mass is 35.5. The molecule has 1 aliphatic rings. The van der Waals surface area contributed by atoms with Crippen LogP contribution in [-0.4, -0.2) is 48.6 Å². The van der Waals surface area contributed by atoms with E-state index in [1.54, 1.807) is 17.0 Å². The summed E-state index contributed by atoms with van der Waals surface area (Å²) in [6, 6.07) is 17.5. The molecule has 3 aromatic rings. The lowest BCUT2D eigenvalue weighted by atomic mass is 10.1. The predicted molar refractivity (Wildman–Crippen MR) is 134 cm³/mol. The molecule has 0 aromatic heterocycles. The lowest BCUT2D eigenvalue weighted by Gasteiger charge is -2.36. The molecule has 3 aromatic carbocycles. The number of halogens is 5. The van der Waals surface area contributed by atoms with E-state index in [1.165, 1.54) is 36.4 Å². The minimum atomic E-state index is -4.39. The zero-order valence-corrected chi connectivity index (χ0v) is 20.6. The Bertz CT molecular complexity index is 1160. The van der Waals surface area contributed by atoms with Crippen LogP contribution in [0.3, 0.4) is 0 Å². The van der Waals surface area contributed by atoms with Gasteiger partial charge in [-0.05, 0) is 59.7 Å². The number of carbonyl (C=O) groups is 1. The monoisotopic (exact) mass is 535 g/mol. The lowest BCUT2D eigenvalue weighted by Crippen LogP contribution is -2.50. The highest BCUT2D eigenvalue weighted by Crippen LogP contribution is 2.30. The second-order valence-electron chi connectivity index (χ2n) is 8.77. The fourth-order valence-corrected chi connectivity index (χ4v) is 4.15. The minimum absolute atomic E-state index is 0.144. The molecule has 0 spiro atoms. The van der Waals surface area contributed by atoms with Crippen molar-refractivity contribution in [3.8, 4) is 0 Å². The molecular formula is C27H26ClF4N3O2. The van der Waals surface area contributed by atoms with Crippen molar-refractivity contribution >= 4 is 23.3 Å². The molecule has 10 heteroatoms. The van der Waals surface area contributed by atoms with Gasteiger partial charge in [-0.1, -0.05) is 35.9 Å². The number of amides is 2. The summed E-state index contributed by atoms with van der Waals surface area (Å²) in [4.78, 5) is 16.4. The normalized spacial score (nSPS) is 15.4. The number of carbonyl (C=O) groups excluding carboxylic acids is 1. The third-order valence-electron chi connectivity index (χ3n) is 6.15. The maximum Gasteiger partial charge on any atom is 0.416 e. The van der Waals surface area contributed by atoms with Crippen molar-refractivity contribution < 1.29 is 27.1 Å². The SMILES string of the molecule is O=C(Nc1ccc(F)cc1)N1CCN(CC(OCc2ccc(C(F)(F)F)cc2)c2ccc(Cl)cc2)CC1. The largest absolute Gasteiger partial charge is 0.416 e. The van der Waals surface area contributed by atoms with Gasteiger partial charge in [-0.2, -0.15) is 13.2 Å². The third kappa shape index (κ3) is 7.67. The van der Waals surface area contributed by atoms with E-state index >= 15 is 0 Å². The molecule has 1 aliphatic heterocycles. The molecule has 1 unspecified atom stereocenters. The van der Waals surface area contributed by atoms with Crippen molar-refractivity contribution in [2.24, 2.45) is 0 Å². The van der Waals surface area contributed by atoms with E-state index in [9.17, 15) is 22.4 Å². The summed E-state index contributed by atoms with van der Waals surface area (Å²) in [5, 5.41) is 3.36. The zero-order valence-electron chi connectivity index (χ0n) is 19.8. The number of piperazine rings is 1. The van der Waals surface area contributed by atoms with E-state index in [1.807, 2.05) is 12.1 Å². The number of urea groups is 1. The summed E-state index contributed by atoms with van der Waals surface area (Å²) in [6.45, 7) is 2.91. The van der Waals surface area contributed by atoms with Crippen LogP contribution < -0.4 is 5.32 Å². The van der Waals surface area contributed by atoms with Crippen molar-refractivity contribution in [3.05, 3.63) is 100 Å². The first-order chi connectivity index (χ1) is 17.7. The third-order valence-corrected chi connectivity index (χ3v) is 6.41. The highest BCUT2D eigenvalue weighted by molar-refractivity contribution is 6.30. The second kappa shape index (κ2) is 11.9. The molecule has 37 heavy (non-hydrogen) atoms. The van der Waals surface area contributed by atoms with Crippen LogP contribution in [-0.2, 0) is 17.5 Å². The molecule has 1 fully saturated rings. The van der Waals surface area contributed by atoms with E-state index in [0.29, 0.717) is 49.0 Å². The summed E-state index contributed by atoms with van der Waals surface area (Å²) < 4.78 is 57.8. The number of rotatable bonds is 7. The maximum absolute atomic E-state index is 13.1. The van der Waals surface area contributed by atoms with Crippen LogP contribution in [0.1, 0.15) is 22.8 Å². The molecule has 0 saturated carbocycles. The van der Waals surface area contributed by atoms with Crippen LogP contribution in [0.5, 0.6) is 0 Å². The molecular weight excluding hydrogens is 510 g/mol. The average molecular weight is 536 g/mol. The number of ether oxygens (including phenoxy) is 1. The van der Waals surface area contributed by atoms with Crippen molar-refractivity contribution in [1.29, 1.82) is 0 Å². The Hall–Kier alpha value is -3.14. The summed E-state index contributed by atoms with van der Waals surface area (Å²) in [5.74, 6) is -0.373. The van der Waals surface area contributed by atoms with Gasteiger partial charge in [0, 0.05) is 43.4 Å². The Kier molecular flexibility index (Phi) is 8.68. The fraction of sp³-hybridized carbons (Fsp3) is 0.296. The number of anilines is 1. The summed E-state index contributed by atoms with van der Waals surface area (Å²) in [6.07, 6.45) is -4.73. The molecule has 4 rings (SSSR count). The van der Waals surface area contributed by atoms with Crippen LogP contribution in [0.2, 0.25) is 5.02 Å². The molecule has 5 nitrogen and oxygen atoms in total. The highest BCUT2D eigenvalue weighted by Gasteiger charge is 2.30. The molecule has 1 atom stereocenters. The van der Waals surface area contributed by atoms with Gasteiger partial charge in [-0.25, -0.2) is 9.18 Å². The predicted octanol–water partition coefficient (Wildman–Crippen LogP) is 6.61. The number of alkyl halides is 3. The van der Waals surface area contributed by atoms with Gasteiger partial charge in [0.1, 0.15) is 5.82 Å². The molecule has 1 heterocycles. The minimum Gasteiger partial charge on any atom is -0.368 e. The van der Waals surface area contributed by atoms with Gasteiger partial charge in [0.2, 0.25) is 0 Å². The number of nitrogens with zero attached hydrogens (tertiary/aromatic N) is 2. The van der Waals surface area contributed by atoms with E-state index in [2.05, 4.69) is 10.2 Å². The Morgan fingerprint density at radius 1 is 0.919 bits per heavy atom. The van der Waals surface area contributed by atoms with Gasteiger partial charge in [-0.3, -0.25) is 4.90 Å². The smallest absolute Gasteiger partial charge is 0.368 e. The van der Waals surface area contributed by atoms with Crippen LogP contribution in [0.4, 0.5) is 28.0 Å². The van der Waals surface area contributed by atoms with Gasteiger partial charge >= 0.3 is 12.2 Å². The van der Waals surface area contributed by atoms with E-state index < -0.39 is 11.7 Å². The Labute approximate surface area is 217 Å². The van der Waals surface area contributed by atoms with Crippen molar-refractivity contribution in [2.45, 2.75) is 18.9 Å². The molecule has 196 valence electrons. The van der Waals surface area contributed by atoms with Gasteiger partial charge in [0.25, 0.3) is 0 Å². The number of benzene rings is 3. The Morgan fingerprint density at radius 3 is 2.14 bits per heavy atom. The molecule has 1 N–H and O–H groups in total. The summed E-state index contributed by atoms with van der Waals surface area (Å²) in [5.41, 5.74) is 1.35. The number of hydrogen-bond donors (Lipinski definition) is 1. The maximum atomic E-state index is 13.1. The van der Waals surface area contributed by atoms with Crippen molar-refractivity contribution in [1.82, 2.24) is 9.80 Å². The first-order valence-electron chi connectivity index (χ1n) is 11.7. The number of nitrogens with one attached hydrogen (secondary N) is 1. The first kappa shape index (κ1) is 26.9. The summed E-state index contributed by atoms with van der Waals surface area (Å²) >= 11 is 6.04. The van der Waals surface area contributed by atoms with Crippen LogP contribution in [0.25, 0.3) is 0 Å². The van der Waals surface area contributed by atoms with E-state index in [-0.39, 0.29) is 24.6 Å². The summed E-state index contributed by atoms with van der Waals surface area (Å²) in [7, 11) is 0. The second-order valence-corrected chi connectivity index (χ2v) is 9.21. The topological polar surface area (TPSA) is 44.8 Å². The van der Waals surface area contributed by atoms with E-state index in [4.69, 9.17) is 16.3 Å². The van der Waals surface area contributed by atoms with Crippen molar-refractivity contribution in [3.63, 3.8) is 0 Å². The van der Waals surface area contributed by atoms with Crippen LogP contribution >= 0.6 is 11.6 Å². The standard InChI is InChI=1S/C27H26ClF4N3O2/c28-22-7-3-20(4-8-22)25(37-18-19-1-5-21(6-2-19)27(30,31)32)17-34-13-15-35(16-14-34)26(36)33-24-11-9-23(29)10-12-24/h1-12,25H,13-18H2,(H,33,36). The van der Waals surface area contributed by atoms with Crippen molar-refractivity contribution in [2.75, 3.05) is 38.0 Å². The van der Waals surface area contributed by atoms with Gasteiger partial charge in [0.05, 0.1) is 18.3 Å². The average Bonchev–Trinajstić information content (AvgIpc) is 2.88. The van der Waals surface area contributed by atoms with Gasteiger partial charge in [-0.15, -0.1) is 0 Å². The lowest BCUT2D eigenvalue weighted by molar-refractivity contribution is -0.137. The van der Waals surface area contributed by atoms with Gasteiger partial charge < -0.3 is 15.0 Å². The van der Waals surface area contributed by atoms with Gasteiger partial charge in [0.15, 0.2) is 0 Å². The molecule has 0 aliphatic carbocycles. The Balaban J connectivity index is 1.35. The van der Waals surface area contributed by atoms with E-state index in [0.717, 1.165) is 17.7 Å². The number of hydrogen-bond acceptors (Lipinski definition) is 3. The molecule has 0 radical (unpaired) electrons.